The van der Waals surface area contributed by atoms with E-state index in [1.807, 2.05) is 22.6 Å². The predicted octanol–water partition coefficient (Wildman–Crippen LogP) is 5.60. The molecule has 1 aromatic rings. The van der Waals surface area contributed by atoms with Crippen molar-refractivity contribution in [1.29, 1.82) is 0 Å². The molecule has 0 saturated carbocycles. The van der Waals surface area contributed by atoms with Crippen molar-refractivity contribution in [2.75, 3.05) is 13.3 Å². The minimum atomic E-state index is -1.19. The van der Waals surface area contributed by atoms with E-state index in [1.165, 1.54) is 12.1 Å². The van der Waals surface area contributed by atoms with E-state index in [1.54, 1.807) is 13.0 Å². The van der Waals surface area contributed by atoms with E-state index in [-0.39, 0.29) is 17.5 Å². The molecular weight excluding hydrogens is 517 g/mol. The van der Waals surface area contributed by atoms with E-state index < -0.39 is 31.3 Å². The van der Waals surface area contributed by atoms with E-state index >= 15 is 0 Å². The first-order valence-electron chi connectivity index (χ1n) is 8.64. The lowest BCUT2D eigenvalue weighted by molar-refractivity contribution is 0.120. The average molecular weight is 540 g/mol. The Balaban J connectivity index is 2.00. The van der Waals surface area contributed by atoms with Crippen LogP contribution in [0.25, 0.3) is 0 Å². The molecule has 1 amide bonds. The van der Waals surface area contributed by atoms with Gasteiger partial charge in [0.15, 0.2) is 11.6 Å². The maximum absolute atomic E-state index is 14.3. The molecule has 1 unspecified atom stereocenters. The van der Waals surface area contributed by atoms with Gasteiger partial charge in [0.2, 0.25) is 0 Å². The molecule has 1 atom stereocenters. The van der Waals surface area contributed by atoms with Gasteiger partial charge in [-0.2, -0.15) is 0 Å². The highest BCUT2D eigenvalue weighted by atomic mass is 127. The molecule has 1 aromatic carbocycles. The number of hydrogen-bond donors (Lipinski definition) is 1. The Morgan fingerprint density at radius 2 is 2.07 bits per heavy atom. The van der Waals surface area contributed by atoms with Crippen molar-refractivity contribution in [2.24, 2.45) is 4.99 Å². The molecule has 1 heterocycles. The largest absolute Gasteiger partial charge is 0.416 e. The molecular formula is C18H23F2IN2O3SSi. The lowest BCUT2D eigenvalue weighted by Gasteiger charge is -2.27. The van der Waals surface area contributed by atoms with Crippen LogP contribution in [0, 0.1) is 11.6 Å². The summed E-state index contributed by atoms with van der Waals surface area (Å²) >= 11 is 3.16. The van der Waals surface area contributed by atoms with Crippen LogP contribution in [0.2, 0.25) is 25.7 Å². The number of rotatable bonds is 6. The van der Waals surface area contributed by atoms with E-state index in [0.717, 1.165) is 26.8 Å². The van der Waals surface area contributed by atoms with Gasteiger partial charge in [0.1, 0.15) is 12.3 Å². The van der Waals surface area contributed by atoms with Crippen LogP contribution in [0.4, 0.5) is 13.6 Å². The zero-order chi connectivity index (χ0) is 20.9. The molecule has 10 heteroatoms. The van der Waals surface area contributed by atoms with Crippen molar-refractivity contribution in [1.82, 2.24) is 5.32 Å². The second-order valence-electron chi connectivity index (χ2n) is 7.61. The minimum Gasteiger partial charge on any atom is -0.385 e. The first kappa shape index (κ1) is 23.3. The van der Waals surface area contributed by atoms with Crippen LogP contribution in [-0.4, -0.2) is 32.7 Å². The standard InChI is InChI=1S/C18H23F2IN2O3SSi/c1-18(12-6-5-7-13(19)15(12)20)10-14(21)27-17(23-18)26-16(24)22-11-25-8-9-28(2,3)4/h5-7,10H,8-9,11H2,1-4H3,(H,22,24). The van der Waals surface area contributed by atoms with Crippen molar-refractivity contribution in [2.45, 2.75) is 38.1 Å². The van der Waals surface area contributed by atoms with Crippen molar-refractivity contribution >= 4 is 53.7 Å². The zero-order valence-corrected chi connectivity index (χ0v) is 20.1. The Bertz CT molecular complexity index is 802. The third kappa shape index (κ3) is 6.81. The number of ether oxygens (including phenoxy) is 2. The van der Waals surface area contributed by atoms with Gasteiger partial charge in [0, 0.05) is 20.2 Å². The molecule has 0 aromatic heterocycles. The summed E-state index contributed by atoms with van der Waals surface area (Å²) in [6, 6.07) is 4.92. The number of carbonyl (C=O) groups is 1. The molecule has 0 fully saturated rings. The van der Waals surface area contributed by atoms with Crippen LogP contribution in [0.5, 0.6) is 0 Å². The second kappa shape index (κ2) is 9.68. The topological polar surface area (TPSA) is 59.9 Å². The summed E-state index contributed by atoms with van der Waals surface area (Å²) in [6.45, 7) is 8.95. The molecule has 1 aliphatic heterocycles. The fraction of sp³-hybridized carbons (Fsp3) is 0.444. The average Bonchev–Trinajstić information content (AvgIpc) is 2.55. The first-order chi connectivity index (χ1) is 13.0. The molecule has 28 heavy (non-hydrogen) atoms. The fourth-order valence-corrected chi connectivity index (χ4v) is 5.07. The highest BCUT2D eigenvalue weighted by Gasteiger charge is 2.33. The van der Waals surface area contributed by atoms with E-state index in [9.17, 15) is 13.6 Å². The highest BCUT2D eigenvalue weighted by Crippen LogP contribution is 2.41. The normalized spacial score (nSPS) is 19.7. The molecule has 0 spiro atoms. The number of benzene rings is 1. The van der Waals surface area contributed by atoms with Gasteiger partial charge in [0.25, 0.3) is 5.23 Å². The maximum atomic E-state index is 14.3. The number of carbonyl (C=O) groups excluding carboxylic acids is 1. The van der Waals surface area contributed by atoms with Gasteiger partial charge < -0.3 is 9.47 Å². The summed E-state index contributed by atoms with van der Waals surface area (Å²) in [7, 11) is -1.19. The van der Waals surface area contributed by atoms with Crippen LogP contribution >= 0.6 is 34.4 Å². The molecule has 1 N–H and O–H groups in total. The highest BCUT2D eigenvalue weighted by molar-refractivity contribution is 14.1. The number of nitrogens with zero attached hydrogens (tertiary/aromatic N) is 1. The summed E-state index contributed by atoms with van der Waals surface area (Å²) in [6.07, 6.45) is 0.979. The molecule has 1 aliphatic rings. The number of aliphatic imine (C=N–C) groups is 1. The molecule has 0 radical (unpaired) electrons. The summed E-state index contributed by atoms with van der Waals surface area (Å²) in [4.78, 5) is 16.3. The Kier molecular flexibility index (Phi) is 8.05. The lowest BCUT2D eigenvalue weighted by Crippen LogP contribution is -2.31. The lowest BCUT2D eigenvalue weighted by atomic mass is 9.92. The maximum Gasteiger partial charge on any atom is 0.416 e. The summed E-state index contributed by atoms with van der Waals surface area (Å²) in [5, 5.41) is 2.55. The number of nitrogens with one attached hydrogen (secondary N) is 1. The smallest absolute Gasteiger partial charge is 0.385 e. The fourth-order valence-electron chi connectivity index (χ4n) is 2.33. The number of amides is 1. The quantitative estimate of drug-likeness (QED) is 0.221. The molecule has 0 saturated heterocycles. The molecule has 0 bridgehead atoms. The first-order valence-corrected chi connectivity index (χ1v) is 14.2. The monoisotopic (exact) mass is 540 g/mol. The van der Waals surface area contributed by atoms with Crippen molar-refractivity contribution in [3.63, 3.8) is 0 Å². The van der Waals surface area contributed by atoms with Gasteiger partial charge in [-0.25, -0.2) is 18.6 Å². The summed E-state index contributed by atoms with van der Waals surface area (Å²) < 4.78 is 39.2. The SMILES string of the molecule is CC1(c2cccc(F)c2F)C=C(I)SC(OC(=O)NCOCC[Si](C)(C)C)=N1. The third-order valence-electron chi connectivity index (χ3n) is 3.89. The van der Waals surface area contributed by atoms with Crippen molar-refractivity contribution in [3.05, 3.63) is 44.4 Å². The van der Waals surface area contributed by atoms with Gasteiger partial charge in [-0.15, -0.1) is 0 Å². The van der Waals surface area contributed by atoms with E-state index in [4.69, 9.17) is 9.47 Å². The van der Waals surface area contributed by atoms with Crippen LogP contribution in [0.3, 0.4) is 0 Å². The van der Waals surface area contributed by atoms with Crippen LogP contribution < -0.4 is 5.32 Å². The Morgan fingerprint density at radius 1 is 1.36 bits per heavy atom. The third-order valence-corrected chi connectivity index (χ3v) is 7.23. The van der Waals surface area contributed by atoms with Crippen LogP contribution in [0.15, 0.2) is 32.2 Å². The Morgan fingerprint density at radius 3 is 2.75 bits per heavy atom. The van der Waals surface area contributed by atoms with E-state index in [2.05, 4.69) is 30.0 Å². The number of thioether (sulfide) groups is 1. The molecule has 0 aliphatic carbocycles. The van der Waals surface area contributed by atoms with Gasteiger partial charge in [-0.3, -0.25) is 5.32 Å². The van der Waals surface area contributed by atoms with Crippen LogP contribution in [-0.2, 0) is 15.0 Å². The van der Waals surface area contributed by atoms with Crippen molar-refractivity contribution < 1.29 is 23.0 Å². The number of alkyl carbamates (subject to hydrolysis) is 1. The Hall–Kier alpha value is -0.983. The molecule has 5 nitrogen and oxygen atoms in total. The zero-order valence-electron chi connectivity index (χ0n) is 16.1. The molecule has 2 rings (SSSR count). The van der Waals surface area contributed by atoms with Crippen LogP contribution in [0.1, 0.15) is 12.5 Å². The van der Waals surface area contributed by atoms with Gasteiger partial charge >= 0.3 is 6.09 Å². The summed E-state index contributed by atoms with van der Waals surface area (Å²) in [5.41, 5.74) is -1.12. The van der Waals surface area contributed by atoms with Gasteiger partial charge in [0.05, 0.1) is 2.91 Å². The van der Waals surface area contributed by atoms with E-state index in [0.29, 0.717) is 6.61 Å². The summed E-state index contributed by atoms with van der Waals surface area (Å²) in [5.74, 6) is -1.92. The minimum absolute atomic E-state index is 0.0317. The van der Waals surface area contributed by atoms with Gasteiger partial charge in [-0.1, -0.05) is 31.8 Å². The van der Waals surface area contributed by atoms with Gasteiger partial charge in [-0.05, 0) is 59.5 Å². The predicted molar refractivity (Wildman–Crippen MR) is 119 cm³/mol. The number of halogens is 3. The number of hydrogen-bond acceptors (Lipinski definition) is 5. The molecule has 154 valence electrons. The second-order valence-corrected chi connectivity index (χ2v) is 16.1. The Labute approximate surface area is 182 Å². The van der Waals surface area contributed by atoms with Crippen molar-refractivity contribution in [3.8, 4) is 0 Å².